The van der Waals surface area contributed by atoms with Gasteiger partial charge in [0.2, 0.25) is 0 Å². The molecule has 2 aliphatic rings. The predicted molar refractivity (Wildman–Crippen MR) is 104 cm³/mol. The van der Waals surface area contributed by atoms with Gasteiger partial charge in [0, 0.05) is 28.7 Å². The molecule has 0 unspecified atom stereocenters. The first-order chi connectivity index (χ1) is 13.1. The van der Waals surface area contributed by atoms with Gasteiger partial charge in [0.25, 0.3) is 5.91 Å². The number of benzene rings is 1. The molecule has 1 fully saturated rings. The molecule has 1 aliphatic heterocycles. The number of anilines is 1. The largest absolute Gasteiger partial charge is 0.467 e. The summed E-state index contributed by atoms with van der Waals surface area (Å²) in [4.78, 5) is 15.2. The van der Waals surface area contributed by atoms with Crippen LogP contribution in [-0.2, 0) is 6.54 Å². The van der Waals surface area contributed by atoms with Crippen molar-refractivity contribution >= 4 is 11.6 Å². The number of hydrogen-bond acceptors (Lipinski definition) is 3. The maximum atomic E-state index is 13.3. The Morgan fingerprint density at radius 3 is 2.70 bits per heavy atom. The monoisotopic (exact) mass is 361 g/mol. The Morgan fingerprint density at radius 1 is 1.15 bits per heavy atom. The number of carbonyl (C=O) groups is 1. The minimum absolute atomic E-state index is 0.0296. The number of aromatic nitrogens is 1. The Balaban J connectivity index is 1.60. The van der Waals surface area contributed by atoms with Crippen LogP contribution in [0.25, 0.3) is 0 Å². The van der Waals surface area contributed by atoms with Gasteiger partial charge in [-0.1, -0.05) is 12.1 Å². The lowest BCUT2D eigenvalue weighted by molar-refractivity contribution is 0.0651. The van der Waals surface area contributed by atoms with Gasteiger partial charge in [-0.25, -0.2) is 0 Å². The summed E-state index contributed by atoms with van der Waals surface area (Å²) in [6, 6.07) is 14.3. The van der Waals surface area contributed by atoms with Crippen molar-refractivity contribution in [3.63, 3.8) is 0 Å². The molecule has 0 spiro atoms. The van der Waals surface area contributed by atoms with Gasteiger partial charge >= 0.3 is 0 Å². The van der Waals surface area contributed by atoms with E-state index >= 15 is 0 Å². The van der Waals surface area contributed by atoms with Gasteiger partial charge in [-0.3, -0.25) is 4.79 Å². The van der Waals surface area contributed by atoms with Crippen molar-refractivity contribution in [1.29, 1.82) is 0 Å². The number of nitrogens with one attached hydrogen (secondary N) is 1. The SMILES string of the molecule is Cc1cc([C@H]2Nc3ccccc3C(=O)N2Cc2ccco2)c(C)n1C1CC1. The van der Waals surface area contributed by atoms with Crippen LogP contribution in [0.3, 0.4) is 0 Å². The lowest BCUT2D eigenvalue weighted by Gasteiger charge is -2.37. The zero-order chi connectivity index (χ0) is 18.5. The number of aryl methyl sites for hydroxylation is 1. The molecule has 5 heteroatoms. The quantitative estimate of drug-likeness (QED) is 0.726. The second-order valence-electron chi connectivity index (χ2n) is 7.53. The molecule has 0 bridgehead atoms. The first-order valence-electron chi connectivity index (χ1n) is 9.50. The molecule has 3 aromatic rings. The topological polar surface area (TPSA) is 50.4 Å². The van der Waals surface area contributed by atoms with E-state index in [2.05, 4.69) is 29.8 Å². The molecule has 0 radical (unpaired) electrons. The minimum atomic E-state index is -0.212. The number of para-hydroxylation sites is 1. The Morgan fingerprint density at radius 2 is 1.96 bits per heavy atom. The van der Waals surface area contributed by atoms with Crippen LogP contribution in [0.5, 0.6) is 0 Å². The maximum Gasteiger partial charge on any atom is 0.258 e. The molecule has 27 heavy (non-hydrogen) atoms. The third-order valence-electron chi connectivity index (χ3n) is 5.66. The van der Waals surface area contributed by atoms with E-state index in [9.17, 15) is 4.79 Å². The Bertz CT molecular complexity index is 999. The zero-order valence-corrected chi connectivity index (χ0v) is 15.6. The van der Waals surface area contributed by atoms with Crippen LogP contribution in [0.15, 0.2) is 53.1 Å². The van der Waals surface area contributed by atoms with Crippen LogP contribution in [0, 0.1) is 13.8 Å². The number of hydrogen-bond donors (Lipinski definition) is 1. The average molecular weight is 361 g/mol. The zero-order valence-electron chi connectivity index (χ0n) is 15.6. The molecule has 138 valence electrons. The fourth-order valence-electron chi connectivity index (χ4n) is 4.25. The number of nitrogens with zero attached hydrogens (tertiary/aromatic N) is 2. The molecule has 1 aliphatic carbocycles. The number of fused-ring (bicyclic) bond motifs is 1. The molecule has 0 saturated heterocycles. The molecule has 1 atom stereocenters. The number of carbonyl (C=O) groups excluding carboxylic acids is 1. The molecule has 1 amide bonds. The van der Waals surface area contributed by atoms with Crippen molar-refractivity contribution in [3.05, 3.63) is 77.0 Å². The van der Waals surface area contributed by atoms with E-state index in [1.165, 1.54) is 24.2 Å². The fourth-order valence-corrected chi connectivity index (χ4v) is 4.25. The van der Waals surface area contributed by atoms with Gasteiger partial charge in [0.05, 0.1) is 18.4 Å². The van der Waals surface area contributed by atoms with E-state index in [0.717, 1.165) is 17.0 Å². The second kappa shape index (κ2) is 6.05. The predicted octanol–water partition coefficient (Wildman–Crippen LogP) is 4.80. The van der Waals surface area contributed by atoms with Crippen molar-refractivity contribution in [2.75, 3.05) is 5.32 Å². The standard InChI is InChI=1S/C22H23N3O2/c1-14-12-19(15(2)25(14)16-9-10-16)21-23-20-8-4-3-7-18(20)22(26)24(21)13-17-6-5-11-27-17/h3-8,11-12,16,21,23H,9-10,13H2,1-2H3/t21-/m0/s1. The van der Waals surface area contributed by atoms with Crippen molar-refractivity contribution in [1.82, 2.24) is 9.47 Å². The first-order valence-corrected chi connectivity index (χ1v) is 9.50. The number of amides is 1. The third-order valence-corrected chi connectivity index (χ3v) is 5.66. The van der Waals surface area contributed by atoms with Crippen molar-refractivity contribution < 1.29 is 9.21 Å². The van der Waals surface area contributed by atoms with Crippen LogP contribution in [0.2, 0.25) is 0 Å². The highest BCUT2D eigenvalue weighted by Crippen LogP contribution is 2.42. The van der Waals surface area contributed by atoms with E-state index in [0.29, 0.717) is 18.2 Å². The Kier molecular flexibility index (Phi) is 3.64. The first kappa shape index (κ1) is 16.2. The van der Waals surface area contributed by atoms with E-state index in [-0.39, 0.29) is 12.1 Å². The summed E-state index contributed by atoms with van der Waals surface area (Å²) in [5.74, 6) is 0.813. The van der Waals surface area contributed by atoms with Crippen LogP contribution >= 0.6 is 0 Å². The van der Waals surface area contributed by atoms with E-state index in [1.807, 2.05) is 41.3 Å². The van der Waals surface area contributed by atoms with Gasteiger partial charge in [-0.2, -0.15) is 0 Å². The Labute approximate surface area is 158 Å². The molecule has 1 aromatic carbocycles. The number of rotatable bonds is 4. The van der Waals surface area contributed by atoms with Crippen molar-refractivity contribution in [3.8, 4) is 0 Å². The molecule has 1 saturated carbocycles. The summed E-state index contributed by atoms with van der Waals surface area (Å²) in [6.07, 6.45) is 3.92. The van der Waals surface area contributed by atoms with Crippen molar-refractivity contribution in [2.24, 2.45) is 0 Å². The maximum absolute atomic E-state index is 13.3. The summed E-state index contributed by atoms with van der Waals surface area (Å²) in [5, 5.41) is 3.60. The lowest BCUT2D eigenvalue weighted by atomic mass is 10.0. The van der Waals surface area contributed by atoms with Crippen LogP contribution in [-0.4, -0.2) is 15.4 Å². The highest BCUT2D eigenvalue weighted by atomic mass is 16.3. The smallest absolute Gasteiger partial charge is 0.258 e. The number of furan rings is 1. The van der Waals surface area contributed by atoms with Gasteiger partial charge in [-0.15, -0.1) is 0 Å². The summed E-state index contributed by atoms with van der Waals surface area (Å²) in [7, 11) is 0. The normalized spacial score (nSPS) is 19.1. The second-order valence-corrected chi connectivity index (χ2v) is 7.53. The molecule has 2 aromatic heterocycles. The van der Waals surface area contributed by atoms with Gasteiger partial charge < -0.3 is 19.2 Å². The third kappa shape index (κ3) is 2.65. The van der Waals surface area contributed by atoms with Crippen LogP contribution < -0.4 is 5.32 Å². The molecule has 5 rings (SSSR count). The van der Waals surface area contributed by atoms with Gasteiger partial charge in [0.15, 0.2) is 0 Å². The summed E-state index contributed by atoms with van der Waals surface area (Å²) < 4.78 is 7.96. The highest BCUT2D eigenvalue weighted by molar-refractivity contribution is 6.01. The van der Waals surface area contributed by atoms with Gasteiger partial charge in [0.1, 0.15) is 11.9 Å². The van der Waals surface area contributed by atoms with E-state index in [1.54, 1.807) is 6.26 Å². The molecule has 3 heterocycles. The average Bonchev–Trinajstić information content (AvgIpc) is 3.27. The molecule has 1 N–H and O–H groups in total. The lowest BCUT2D eigenvalue weighted by Crippen LogP contribution is -2.42. The van der Waals surface area contributed by atoms with Crippen LogP contribution in [0.1, 0.15) is 58.1 Å². The van der Waals surface area contributed by atoms with Gasteiger partial charge in [-0.05, 0) is 57.0 Å². The summed E-state index contributed by atoms with van der Waals surface area (Å²) in [5.41, 5.74) is 5.25. The van der Waals surface area contributed by atoms with E-state index < -0.39 is 0 Å². The molecular weight excluding hydrogens is 338 g/mol. The Hall–Kier alpha value is -2.95. The summed E-state index contributed by atoms with van der Waals surface area (Å²) in [6.45, 7) is 4.76. The highest BCUT2D eigenvalue weighted by Gasteiger charge is 2.36. The van der Waals surface area contributed by atoms with Crippen LogP contribution in [0.4, 0.5) is 5.69 Å². The molecular formula is C22H23N3O2. The minimum Gasteiger partial charge on any atom is -0.467 e. The fraction of sp³-hybridized carbons (Fsp3) is 0.318. The van der Waals surface area contributed by atoms with Crippen molar-refractivity contribution in [2.45, 2.75) is 45.4 Å². The molecule has 5 nitrogen and oxygen atoms in total. The summed E-state index contributed by atoms with van der Waals surface area (Å²) >= 11 is 0. The van der Waals surface area contributed by atoms with E-state index in [4.69, 9.17) is 4.42 Å².